The van der Waals surface area contributed by atoms with E-state index in [1.807, 2.05) is 19.1 Å². The molecule has 2 aromatic rings. The number of aryl methyl sites for hydroxylation is 1. The minimum Gasteiger partial charge on any atom is -0.383 e. The summed E-state index contributed by atoms with van der Waals surface area (Å²) in [5.74, 6) is 0.480. The van der Waals surface area contributed by atoms with E-state index in [0.29, 0.717) is 24.5 Å². The standard InChI is InChI=1S/C15H17N3O2/c1-12-5-6-14(17-10-12)18(8-9-20-2)15(19)13-4-3-7-16-11-13/h3-7,10-11H,8-9H2,1-2H3. The summed E-state index contributed by atoms with van der Waals surface area (Å²) >= 11 is 0. The number of methoxy groups -OCH3 is 1. The van der Waals surface area contributed by atoms with Gasteiger partial charge >= 0.3 is 0 Å². The number of aromatic nitrogens is 2. The Labute approximate surface area is 118 Å². The van der Waals surface area contributed by atoms with Crippen LogP contribution in [-0.2, 0) is 4.74 Å². The number of hydrogen-bond acceptors (Lipinski definition) is 4. The molecule has 104 valence electrons. The van der Waals surface area contributed by atoms with E-state index in [2.05, 4.69) is 9.97 Å². The number of pyridine rings is 2. The summed E-state index contributed by atoms with van der Waals surface area (Å²) in [6.07, 6.45) is 4.93. The maximum absolute atomic E-state index is 12.5. The normalized spacial score (nSPS) is 10.3. The molecule has 0 saturated heterocycles. The zero-order valence-electron chi connectivity index (χ0n) is 11.6. The highest BCUT2D eigenvalue weighted by molar-refractivity contribution is 6.05. The SMILES string of the molecule is COCCN(C(=O)c1cccnc1)c1ccc(C)cn1. The van der Waals surface area contributed by atoms with Gasteiger partial charge in [-0.2, -0.15) is 0 Å². The van der Waals surface area contributed by atoms with Gasteiger partial charge in [-0.05, 0) is 30.7 Å². The quantitative estimate of drug-likeness (QED) is 0.835. The van der Waals surface area contributed by atoms with Gasteiger partial charge in [0.15, 0.2) is 0 Å². The Morgan fingerprint density at radius 3 is 2.75 bits per heavy atom. The van der Waals surface area contributed by atoms with Crippen LogP contribution in [0.15, 0.2) is 42.9 Å². The molecule has 0 aliphatic rings. The van der Waals surface area contributed by atoms with Crippen LogP contribution in [0, 0.1) is 6.92 Å². The van der Waals surface area contributed by atoms with Crippen LogP contribution in [-0.4, -0.2) is 36.1 Å². The van der Waals surface area contributed by atoms with E-state index in [9.17, 15) is 4.79 Å². The van der Waals surface area contributed by atoms with Crippen molar-refractivity contribution in [1.29, 1.82) is 0 Å². The molecule has 0 aliphatic carbocycles. The molecule has 0 unspecified atom stereocenters. The second-order valence-corrected chi connectivity index (χ2v) is 4.39. The third-order valence-corrected chi connectivity index (χ3v) is 2.84. The van der Waals surface area contributed by atoms with Gasteiger partial charge in [-0.3, -0.25) is 14.7 Å². The average Bonchev–Trinajstić information content (AvgIpc) is 2.50. The van der Waals surface area contributed by atoms with Crippen LogP contribution in [0.5, 0.6) is 0 Å². The summed E-state index contributed by atoms with van der Waals surface area (Å²) in [5.41, 5.74) is 1.58. The topological polar surface area (TPSA) is 55.3 Å². The van der Waals surface area contributed by atoms with E-state index < -0.39 is 0 Å². The zero-order valence-corrected chi connectivity index (χ0v) is 11.6. The number of hydrogen-bond donors (Lipinski definition) is 0. The predicted octanol–water partition coefficient (Wildman–Crippen LogP) is 2.08. The first-order chi connectivity index (χ1) is 9.72. The molecular formula is C15H17N3O2. The van der Waals surface area contributed by atoms with Gasteiger partial charge in [-0.15, -0.1) is 0 Å². The molecule has 1 amide bonds. The Hall–Kier alpha value is -2.27. The summed E-state index contributed by atoms with van der Waals surface area (Å²) in [6, 6.07) is 7.24. The van der Waals surface area contributed by atoms with Crippen molar-refractivity contribution in [3.05, 3.63) is 54.0 Å². The molecular weight excluding hydrogens is 254 g/mol. The largest absolute Gasteiger partial charge is 0.383 e. The molecule has 0 fully saturated rings. The minimum absolute atomic E-state index is 0.133. The lowest BCUT2D eigenvalue weighted by Crippen LogP contribution is -2.34. The van der Waals surface area contributed by atoms with Gasteiger partial charge in [0.2, 0.25) is 0 Å². The van der Waals surface area contributed by atoms with Gasteiger partial charge in [-0.25, -0.2) is 4.98 Å². The molecule has 20 heavy (non-hydrogen) atoms. The second kappa shape index (κ2) is 6.77. The molecule has 0 bridgehead atoms. The molecule has 0 saturated carbocycles. The fourth-order valence-electron chi connectivity index (χ4n) is 1.77. The molecule has 0 atom stereocenters. The second-order valence-electron chi connectivity index (χ2n) is 4.39. The number of anilines is 1. The molecule has 5 heteroatoms. The Balaban J connectivity index is 2.27. The number of carbonyl (C=O) groups excluding carboxylic acids is 1. The monoisotopic (exact) mass is 271 g/mol. The maximum atomic E-state index is 12.5. The third-order valence-electron chi connectivity index (χ3n) is 2.84. The van der Waals surface area contributed by atoms with Crippen molar-refractivity contribution in [3.63, 3.8) is 0 Å². The Morgan fingerprint density at radius 2 is 2.15 bits per heavy atom. The van der Waals surface area contributed by atoms with E-state index >= 15 is 0 Å². The van der Waals surface area contributed by atoms with E-state index in [1.54, 1.807) is 42.7 Å². The number of carbonyl (C=O) groups is 1. The molecule has 0 radical (unpaired) electrons. The van der Waals surface area contributed by atoms with Gasteiger partial charge in [0.1, 0.15) is 5.82 Å². The van der Waals surface area contributed by atoms with Crippen molar-refractivity contribution in [2.24, 2.45) is 0 Å². The lowest BCUT2D eigenvalue weighted by atomic mass is 10.2. The first-order valence-electron chi connectivity index (χ1n) is 6.36. The summed E-state index contributed by atoms with van der Waals surface area (Å²) in [5, 5.41) is 0. The fourth-order valence-corrected chi connectivity index (χ4v) is 1.77. The van der Waals surface area contributed by atoms with Gasteiger partial charge in [-0.1, -0.05) is 6.07 Å². The molecule has 2 aromatic heterocycles. The van der Waals surface area contributed by atoms with Crippen LogP contribution in [0.3, 0.4) is 0 Å². The number of nitrogens with zero attached hydrogens (tertiary/aromatic N) is 3. The average molecular weight is 271 g/mol. The van der Waals surface area contributed by atoms with Crippen LogP contribution in [0.1, 0.15) is 15.9 Å². The summed E-state index contributed by atoms with van der Waals surface area (Å²) in [4.78, 5) is 22.4. The molecule has 0 aliphatic heterocycles. The van der Waals surface area contributed by atoms with Crippen molar-refractivity contribution >= 4 is 11.7 Å². The van der Waals surface area contributed by atoms with Crippen LogP contribution >= 0.6 is 0 Å². The van der Waals surface area contributed by atoms with Crippen molar-refractivity contribution in [2.45, 2.75) is 6.92 Å². The molecule has 0 N–H and O–H groups in total. The lowest BCUT2D eigenvalue weighted by Gasteiger charge is -2.21. The predicted molar refractivity (Wildman–Crippen MR) is 76.8 cm³/mol. The Kier molecular flexibility index (Phi) is 4.79. The van der Waals surface area contributed by atoms with Crippen molar-refractivity contribution in [3.8, 4) is 0 Å². The number of rotatable bonds is 5. The summed E-state index contributed by atoms with van der Waals surface area (Å²) < 4.78 is 5.07. The maximum Gasteiger partial charge on any atom is 0.261 e. The molecule has 2 rings (SSSR count). The molecule has 0 spiro atoms. The number of ether oxygens (including phenoxy) is 1. The van der Waals surface area contributed by atoms with Crippen molar-refractivity contribution in [2.75, 3.05) is 25.2 Å². The van der Waals surface area contributed by atoms with Crippen molar-refractivity contribution < 1.29 is 9.53 Å². The third kappa shape index (κ3) is 3.39. The van der Waals surface area contributed by atoms with Gasteiger partial charge in [0, 0.05) is 25.7 Å². The van der Waals surface area contributed by atoms with Crippen LogP contribution in [0.2, 0.25) is 0 Å². The van der Waals surface area contributed by atoms with Gasteiger partial charge in [0.25, 0.3) is 5.91 Å². The zero-order chi connectivity index (χ0) is 14.4. The first-order valence-corrected chi connectivity index (χ1v) is 6.36. The van der Waals surface area contributed by atoms with E-state index in [-0.39, 0.29) is 5.91 Å². The van der Waals surface area contributed by atoms with E-state index in [0.717, 1.165) is 5.56 Å². The minimum atomic E-state index is -0.133. The molecule has 2 heterocycles. The number of amides is 1. The Morgan fingerprint density at radius 1 is 1.30 bits per heavy atom. The van der Waals surface area contributed by atoms with Crippen molar-refractivity contribution in [1.82, 2.24) is 9.97 Å². The van der Waals surface area contributed by atoms with Gasteiger partial charge in [0.05, 0.1) is 18.7 Å². The van der Waals surface area contributed by atoms with E-state index in [1.165, 1.54) is 0 Å². The van der Waals surface area contributed by atoms with Crippen LogP contribution < -0.4 is 4.90 Å². The highest BCUT2D eigenvalue weighted by atomic mass is 16.5. The summed E-state index contributed by atoms with van der Waals surface area (Å²) in [7, 11) is 1.61. The Bertz CT molecular complexity index is 555. The highest BCUT2D eigenvalue weighted by Gasteiger charge is 2.18. The van der Waals surface area contributed by atoms with Gasteiger partial charge < -0.3 is 4.74 Å². The lowest BCUT2D eigenvalue weighted by molar-refractivity contribution is 0.0974. The fraction of sp³-hybridized carbons (Fsp3) is 0.267. The van der Waals surface area contributed by atoms with Crippen LogP contribution in [0.25, 0.3) is 0 Å². The summed E-state index contributed by atoms with van der Waals surface area (Å²) in [6.45, 7) is 2.85. The molecule has 5 nitrogen and oxygen atoms in total. The smallest absolute Gasteiger partial charge is 0.261 e. The molecule has 0 aromatic carbocycles. The van der Waals surface area contributed by atoms with E-state index in [4.69, 9.17) is 4.74 Å². The highest BCUT2D eigenvalue weighted by Crippen LogP contribution is 2.14. The first kappa shape index (κ1) is 14.1. The van der Waals surface area contributed by atoms with Crippen LogP contribution in [0.4, 0.5) is 5.82 Å².